The summed E-state index contributed by atoms with van der Waals surface area (Å²) in [5.41, 5.74) is 4.86. The van der Waals surface area contributed by atoms with Gasteiger partial charge in [-0.1, -0.05) is 0 Å². The number of aromatic hydroxyl groups is 1. The second kappa shape index (κ2) is 8.05. The van der Waals surface area contributed by atoms with Gasteiger partial charge in [-0.25, -0.2) is 0 Å². The fraction of sp³-hybridized carbons (Fsp3) is 0.357. The van der Waals surface area contributed by atoms with Gasteiger partial charge >= 0.3 is 5.97 Å². The molecule has 138 valence electrons. The van der Waals surface area contributed by atoms with E-state index in [9.17, 15) is 27.9 Å². The summed E-state index contributed by atoms with van der Waals surface area (Å²) in [6, 6.07) is 0.516. The molecule has 25 heavy (non-hydrogen) atoms. The molecule has 0 saturated heterocycles. The molecule has 0 saturated carbocycles. The molecular weight excluding hydrogens is 356 g/mol. The van der Waals surface area contributed by atoms with Crippen molar-refractivity contribution < 1.29 is 37.6 Å². The van der Waals surface area contributed by atoms with Gasteiger partial charge in [0.15, 0.2) is 0 Å². The predicted octanol–water partition coefficient (Wildman–Crippen LogP) is -0.0990. The zero-order chi connectivity index (χ0) is 19.4. The summed E-state index contributed by atoms with van der Waals surface area (Å²) in [4.78, 5) is 33.1. The van der Waals surface area contributed by atoms with Gasteiger partial charge in [-0.2, -0.15) is 8.42 Å². The largest absolute Gasteiger partial charge is 0.505 e. The van der Waals surface area contributed by atoms with Gasteiger partial charge in [-0.15, -0.1) is 0 Å². The Bertz CT molecular complexity index is 803. The maximum absolute atomic E-state index is 11.9. The van der Waals surface area contributed by atoms with Gasteiger partial charge in [0, 0.05) is 25.3 Å². The van der Waals surface area contributed by atoms with Crippen molar-refractivity contribution in [1.82, 2.24) is 0 Å². The zero-order valence-corrected chi connectivity index (χ0v) is 14.0. The molecular formula is C14H18N2O8S. The van der Waals surface area contributed by atoms with E-state index in [4.69, 9.17) is 15.4 Å². The van der Waals surface area contributed by atoms with Crippen LogP contribution in [0.25, 0.3) is 0 Å². The summed E-state index contributed by atoms with van der Waals surface area (Å²) in [5.74, 6) is -2.91. The predicted molar refractivity (Wildman–Crippen MR) is 85.8 cm³/mol. The number of nitrogens with one attached hydrogen (secondary N) is 1. The first-order chi connectivity index (χ1) is 11.4. The molecule has 1 amide bonds. The van der Waals surface area contributed by atoms with E-state index < -0.39 is 50.9 Å². The maximum atomic E-state index is 11.9. The molecule has 1 aromatic carbocycles. The van der Waals surface area contributed by atoms with Crippen LogP contribution < -0.4 is 11.1 Å². The SMILES string of the molecule is CC(=O)Nc1cc(S(=O)(=O)O)cc(CC(=O)CC[C@H](N)C(=O)O)c1O. The quantitative estimate of drug-likeness (QED) is 0.306. The fourth-order valence-electron chi connectivity index (χ4n) is 1.97. The highest BCUT2D eigenvalue weighted by Crippen LogP contribution is 2.32. The number of carbonyl (C=O) groups is 3. The number of hydrogen-bond donors (Lipinski definition) is 5. The lowest BCUT2D eigenvalue weighted by Crippen LogP contribution is -2.30. The Morgan fingerprint density at radius 1 is 1.28 bits per heavy atom. The molecule has 0 aliphatic carbocycles. The summed E-state index contributed by atoms with van der Waals surface area (Å²) in [6.45, 7) is 1.12. The van der Waals surface area contributed by atoms with Crippen LogP contribution in [0.4, 0.5) is 5.69 Å². The second-order valence-electron chi connectivity index (χ2n) is 5.33. The average Bonchev–Trinajstić information content (AvgIpc) is 2.46. The number of phenols is 1. The van der Waals surface area contributed by atoms with Gasteiger partial charge in [0.05, 0.1) is 10.6 Å². The summed E-state index contributed by atoms with van der Waals surface area (Å²) in [5, 5.41) is 20.9. The number of hydrogen-bond acceptors (Lipinski definition) is 7. The van der Waals surface area contributed by atoms with E-state index in [1.54, 1.807) is 0 Å². The highest BCUT2D eigenvalue weighted by Gasteiger charge is 2.20. The van der Waals surface area contributed by atoms with Gasteiger partial charge < -0.3 is 21.3 Å². The van der Waals surface area contributed by atoms with Crippen LogP contribution in [-0.4, -0.2) is 46.9 Å². The molecule has 0 aliphatic rings. The van der Waals surface area contributed by atoms with Crippen molar-refractivity contribution in [2.45, 2.75) is 37.1 Å². The Hall–Kier alpha value is -2.50. The third-order valence-electron chi connectivity index (χ3n) is 3.21. The molecule has 0 aromatic heterocycles. The van der Waals surface area contributed by atoms with E-state index in [0.717, 1.165) is 19.1 Å². The average molecular weight is 374 g/mol. The first kappa shape index (κ1) is 20.5. The summed E-state index contributed by atoms with van der Waals surface area (Å²) >= 11 is 0. The van der Waals surface area contributed by atoms with Crippen LogP contribution in [-0.2, 0) is 30.9 Å². The third kappa shape index (κ3) is 6.14. The lowest BCUT2D eigenvalue weighted by molar-refractivity contribution is -0.138. The first-order valence-corrected chi connectivity index (χ1v) is 8.47. The van der Waals surface area contributed by atoms with Crippen LogP contribution in [0.3, 0.4) is 0 Å². The lowest BCUT2D eigenvalue weighted by atomic mass is 10.0. The Labute approximate surface area is 143 Å². The van der Waals surface area contributed by atoms with E-state index in [1.165, 1.54) is 0 Å². The fourth-order valence-corrected chi connectivity index (χ4v) is 2.53. The lowest BCUT2D eigenvalue weighted by Gasteiger charge is -2.12. The van der Waals surface area contributed by atoms with Crippen LogP contribution in [0, 0.1) is 0 Å². The summed E-state index contributed by atoms with van der Waals surface area (Å²) in [7, 11) is -4.64. The molecule has 0 unspecified atom stereocenters. The smallest absolute Gasteiger partial charge is 0.320 e. The number of carboxylic acid groups (broad SMARTS) is 1. The van der Waals surface area contributed by atoms with E-state index in [-0.39, 0.29) is 24.1 Å². The van der Waals surface area contributed by atoms with Gasteiger partial charge in [0.1, 0.15) is 17.6 Å². The highest BCUT2D eigenvalue weighted by atomic mass is 32.2. The van der Waals surface area contributed by atoms with E-state index in [1.807, 2.05) is 0 Å². The van der Waals surface area contributed by atoms with Crippen molar-refractivity contribution in [3.63, 3.8) is 0 Å². The number of benzene rings is 1. The molecule has 0 fully saturated rings. The number of anilines is 1. The normalized spacial score (nSPS) is 12.4. The Balaban J connectivity index is 3.10. The van der Waals surface area contributed by atoms with Crippen LogP contribution >= 0.6 is 0 Å². The van der Waals surface area contributed by atoms with Gasteiger partial charge in [0.25, 0.3) is 10.1 Å². The molecule has 0 bridgehead atoms. The van der Waals surface area contributed by atoms with Crippen molar-refractivity contribution in [2.24, 2.45) is 5.73 Å². The van der Waals surface area contributed by atoms with Gasteiger partial charge in [-0.05, 0) is 18.6 Å². The minimum absolute atomic E-state index is 0.133. The number of nitrogens with two attached hydrogens (primary N) is 1. The van der Waals surface area contributed by atoms with Crippen molar-refractivity contribution in [2.75, 3.05) is 5.32 Å². The Morgan fingerprint density at radius 2 is 1.88 bits per heavy atom. The summed E-state index contributed by atoms with van der Waals surface area (Å²) < 4.78 is 31.8. The van der Waals surface area contributed by atoms with Crippen molar-refractivity contribution in [3.05, 3.63) is 17.7 Å². The first-order valence-electron chi connectivity index (χ1n) is 7.03. The van der Waals surface area contributed by atoms with Crippen molar-refractivity contribution in [3.8, 4) is 5.75 Å². The monoisotopic (exact) mass is 374 g/mol. The number of ketones is 1. The number of amides is 1. The molecule has 0 spiro atoms. The number of phenolic OH excluding ortho intramolecular Hbond substituents is 1. The van der Waals surface area contributed by atoms with Crippen molar-refractivity contribution >= 4 is 33.5 Å². The minimum atomic E-state index is -4.64. The number of Topliss-reactive ketones (excluding diaryl/α,β-unsaturated/α-hetero) is 1. The number of carboxylic acids is 1. The van der Waals surface area contributed by atoms with E-state index in [0.29, 0.717) is 0 Å². The number of aliphatic carboxylic acids is 1. The molecule has 10 nitrogen and oxygen atoms in total. The molecule has 1 rings (SSSR count). The molecule has 0 heterocycles. The highest BCUT2D eigenvalue weighted by molar-refractivity contribution is 7.85. The van der Waals surface area contributed by atoms with Crippen LogP contribution in [0.1, 0.15) is 25.3 Å². The molecule has 1 aromatic rings. The second-order valence-corrected chi connectivity index (χ2v) is 6.76. The molecule has 11 heteroatoms. The minimum Gasteiger partial charge on any atom is -0.505 e. The van der Waals surface area contributed by atoms with Crippen LogP contribution in [0.2, 0.25) is 0 Å². The van der Waals surface area contributed by atoms with Crippen LogP contribution in [0.15, 0.2) is 17.0 Å². The third-order valence-corrected chi connectivity index (χ3v) is 4.04. The topological polar surface area (TPSA) is 184 Å². The molecule has 1 atom stereocenters. The molecule has 6 N–H and O–H groups in total. The molecule has 0 aliphatic heterocycles. The summed E-state index contributed by atoms with van der Waals surface area (Å²) in [6.07, 6.45) is -0.780. The standard InChI is InChI=1S/C14H18N2O8S/c1-7(17)16-12-6-10(25(22,23)24)5-8(13(12)19)4-9(18)2-3-11(15)14(20)21/h5-6,11,19H,2-4,15H2,1H3,(H,16,17)(H,20,21)(H,22,23,24)/t11-/m0/s1. The van der Waals surface area contributed by atoms with Crippen LogP contribution in [0.5, 0.6) is 5.75 Å². The van der Waals surface area contributed by atoms with E-state index >= 15 is 0 Å². The molecule has 0 radical (unpaired) electrons. The van der Waals surface area contributed by atoms with Crippen molar-refractivity contribution in [1.29, 1.82) is 0 Å². The number of rotatable bonds is 8. The zero-order valence-electron chi connectivity index (χ0n) is 13.2. The number of carbonyl (C=O) groups excluding carboxylic acids is 2. The van der Waals surface area contributed by atoms with Gasteiger partial charge in [0.2, 0.25) is 5.91 Å². The van der Waals surface area contributed by atoms with Gasteiger partial charge in [-0.3, -0.25) is 18.9 Å². The Morgan fingerprint density at radius 3 is 2.36 bits per heavy atom. The Kier molecular flexibility index (Phi) is 6.62. The maximum Gasteiger partial charge on any atom is 0.320 e. The van der Waals surface area contributed by atoms with E-state index in [2.05, 4.69) is 5.32 Å².